The van der Waals surface area contributed by atoms with Crippen LogP contribution in [-0.4, -0.2) is 75.3 Å². The van der Waals surface area contributed by atoms with Crippen LogP contribution in [0.5, 0.6) is 6.01 Å². The van der Waals surface area contributed by atoms with Crippen LogP contribution in [0.25, 0.3) is 0 Å². The second-order valence-corrected chi connectivity index (χ2v) is 7.45. The molecule has 1 aromatic rings. The molecule has 1 aliphatic rings. The summed E-state index contributed by atoms with van der Waals surface area (Å²) in [4.78, 5) is 40.8. The third-order valence-electron chi connectivity index (χ3n) is 4.25. The third-order valence-corrected chi connectivity index (χ3v) is 4.95. The van der Waals surface area contributed by atoms with Crippen LogP contribution in [-0.2, 0) is 14.3 Å². The molecular weight excluding hydrogens is 390 g/mol. The topological polar surface area (TPSA) is 134 Å². The van der Waals surface area contributed by atoms with Crippen LogP contribution in [0.1, 0.15) is 42.9 Å². The fourth-order valence-electron chi connectivity index (χ4n) is 3.00. The van der Waals surface area contributed by atoms with Crippen molar-refractivity contribution in [1.82, 2.24) is 24.9 Å². The molecule has 0 saturated carbocycles. The first-order valence-corrected chi connectivity index (χ1v) is 9.60. The Labute approximate surface area is 166 Å². The standard InChI is InChI=1S/C16H25N5O6S/c1-9(2)8-11(15(25)26-3)21(20-7-5-6-10(20)14(23)24)18-12(22)13-17-16(27-4)19-28-13/h9-11H,5-8H2,1-4H3,(H,18,22)(H,23,24)/t10-,11-/m0/s1. The number of esters is 1. The zero-order chi connectivity index (χ0) is 20.8. The van der Waals surface area contributed by atoms with Crippen molar-refractivity contribution in [2.45, 2.75) is 45.2 Å². The Kier molecular flexibility index (Phi) is 7.66. The highest BCUT2D eigenvalue weighted by molar-refractivity contribution is 7.07. The molecule has 2 N–H and O–H groups in total. The van der Waals surface area contributed by atoms with Crippen molar-refractivity contribution in [2.24, 2.45) is 5.92 Å². The minimum atomic E-state index is -1.03. The lowest BCUT2D eigenvalue weighted by Gasteiger charge is -2.38. The molecule has 28 heavy (non-hydrogen) atoms. The largest absolute Gasteiger partial charge is 0.480 e. The van der Waals surface area contributed by atoms with Crippen molar-refractivity contribution in [3.8, 4) is 6.01 Å². The van der Waals surface area contributed by atoms with E-state index in [1.165, 1.54) is 24.3 Å². The molecule has 11 nitrogen and oxygen atoms in total. The number of hydrogen-bond acceptors (Lipinski definition) is 10. The van der Waals surface area contributed by atoms with Gasteiger partial charge in [0.2, 0.25) is 5.01 Å². The van der Waals surface area contributed by atoms with Gasteiger partial charge in [-0.1, -0.05) is 13.8 Å². The Bertz CT molecular complexity index is 711. The van der Waals surface area contributed by atoms with E-state index in [9.17, 15) is 19.5 Å². The van der Waals surface area contributed by atoms with Crippen molar-refractivity contribution in [2.75, 3.05) is 20.8 Å². The lowest BCUT2D eigenvalue weighted by atomic mass is 10.0. The molecule has 2 rings (SSSR count). The van der Waals surface area contributed by atoms with E-state index >= 15 is 0 Å². The lowest BCUT2D eigenvalue weighted by Crippen LogP contribution is -2.62. The predicted molar refractivity (Wildman–Crippen MR) is 98.4 cm³/mol. The molecule has 0 bridgehead atoms. The molecule has 1 aromatic heterocycles. The Morgan fingerprint density at radius 1 is 1.39 bits per heavy atom. The fraction of sp³-hybridized carbons (Fsp3) is 0.688. The minimum absolute atomic E-state index is 0.0288. The summed E-state index contributed by atoms with van der Waals surface area (Å²) in [5.41, 5.74) is 2.63. The summed E-state index contributed by atoms with van der Waals surface area (Å²) in [7, 11) is 2.64. The van der Waals surface area contributed by atoms with Gasteiger partial charge in [0, 0.05) is 6.54 Å². The van der Waals surface area contributed by atoms with Crippen LogP contribution in [0.15, 0.2) is 0 Å². The van der Waals surface area contributed by atoms with Gasteiger partial charge in [0.05, 0.1) is 14.2 Å². The fourth-order valence-corrected chi connectivity index (χ4v) is 3.52. The number of aliphatic carboxylic acids is 1. The number of nitrogens with one attached hydrogen (secondary N) is 1. The van der Waals surface area contributed by atoms with E-state index in [4.69, 9.17) is 9.47 Å². The highest BCUT2D eigenvalue weighted by atomic mass is 32.1. The smallest absolute Gasteiger partial charge is 0.328 e. The van der Waals surface area contributed by atoms with Crippen molar-refractivity contribution < 1.29 is 29.0 Å². The first-order chi connectivity index (χ1) is 13.3. The van der Waals surface area contributed by atoms with Gasteiger partial charge in [-0.2, -0.15) is 4.98 Å². The first kappa shape index (κ1) is 22.0. The highest BCUT2D eigenvalue weighted by Gasteiger charge is 2.41. The summed E-state index contributed by atoms with van der Waals surface area (Å²) >= 11 is 0.838. The van der Waals surface area contributed by atoms with Gasteiger partial charge in [-0.15, -0.1) is 9.49 Å². The summed E-state index contributed by atoms with van der Waals surface area (Å²) in [6.45, 7) is 4.22. The van der Waals surface area contributed by atoms with Crippen molar-refractivity contribution in [3.05, 3.63) is 5.01 Å². The molecule has 1 fully saturated rings. The molecule has 2 atom stereocenters. The maximum absolute atomic E-state index is 12.7. The van der Waals surface area contributed by atoms with Gasteiger partial charge < -0.3 is 14.6 Å². The number of ether oxygens (including phenoxy) is 2. The summed E-state index contributed by atoms with van der Waals surface area (Å²) in [6.07, 6.45) is 1.38. The van der Waals surface area contributed by atoms with Crippen molar-refractivity contribution >= 4 is 29.4 Å². The number of carbonyl (C=O) groups excluding carboxylic acids is 2. The molecule has 1 amide bonds. The van der Waals surface area contributed by atoms with E-state index in [0.29, 0.717) is 25.8 Å². The molecule has 1 aliphatic heterocycles. The predicted octanol–water partition coefficient (Wildman–Crippen LogP) is 0.545. The normalized spacial score (nSPS) is 18.3. The number of rotatable bonds is 9. The second-order valence-electron chi connectivity index (χ2n) is 6.70. The van der Waals surface area contributed by atoms with Crippen molar-refractivity contribution in [1.29, 1.82) is 0 Å². The molecular formula is C16H25N5O6S. The molecule has 0 radical (unpaired) electrons. The summed E-state index contributed by atoms with van der Waals surface area (Å²) < 4.78 is 13.7. The van der Waals surface area contributed by atoms with Gasteiger partial charge in [-0.25, -0.2) is 5.01 Å². The average Bonchev–Trinajstić information content (AvgIpc) is 3.32. The molecule has 156 valence electrons. The van der Waals surface area contributed by atoms with Gasteiger partial charge >= 0.3 is 17.9 Å². The Morgan fingerprint density at radius 2 is 2.11 bits per heavy atom. The Morgan fingerprint density at radius 3 is 2.64 bits per heavy atom. The van der Waals surface area contributed by atoms with E-state index in [1.807, 2.05) is 13.8 Å². The van der Waals surface area contributed by atoms with E-state index in [2.05, 4.69) is 14.8 Å². The maximum atomic E-state index is 12.7. The van der Waals surface area contributed by atoms with Crippen molar-refractivity contribution in [3.63, 3.8) is 0 Å². The Hall–Kier alpha value is -2.31. The van der Waals surface area contributed by atoms with Crippen LogP contribution in [0, 0.1) is 5.92 Å². The number of amides is 1. The highest BCUT2D eigenvalue weighted by Crippen LogP contribution is 2.24. The number of hydrazine groups is 2. The average molecular weight is 415 g/mol. The van der Waals surface area contributed by atoms with Crippen LogP contribution in [0.3, 0.4) is 0 Å². The first-order valence-electron chi connectivity index (χ1n) is 8.83. The van der Waals surface area contributed by atoms with Gasteiger partial charge in [0.15, 0.2) is 0 Å². The summed E-state index contributed by atoms with van der Waals surface area (Å²) in [5.74, 6) is -2.12. The number of nitrogens with zero attached hydrogens (tertiary/aromatic N) is 4. The van der Waals surface area contributed by atoms with E-state index in [1.54, 1.807) is 0 Å². The molecule has 0 unspecified atom stereocenters. The van der Waals surface area contributed by atoms with E-state index < -0.39 is 29.9 Å². The van der Waals surface area contributed by atoms with Crippen LogP contribution < -0.4 is 10.2 Å². The van der Waals surface area contributed by atoms with Gasteiger partial charge in [-0.05, 0) is 36.7 Å². The number of methoxy groups -OCH3 is 2. The van der Waals surface area contributed by atoms with Crippen LogP contribution in [0.2, 0.25) is 0 Å². The van der Waals surface area contributed by atoms with E-state index in [0.717, 1.165) is 11.5 Å². The monoisotopic (exact) mass is 415 g/mol. The molecule has 2 heterocycles. The number of aromatic nitrogens is 2. The van der Waals surface area contributed by atoms with Gasteiger partial charge in [0.25, 0.3) is 5.91 Å². The number of carboxylic acids is 1. The van der Waals surface area contributed by atoms with E-state index in [-0.39, 0.29) is 16.9 Å². The summed E-state index contributed by atoms with van der Waals surface area (Å²) in [6, 6.07) is -1.69. The molecule has 1 saturated heterocycles. The third kappa shape index (κ3) is 5.14. The number of hydrogen-bond donors (Lipinski definition) is 2. The number of carboxylic acid groups (broad SMARTS) is 1. The number of carbonyl (C=O) groups is 3. The molecule has 12 heteroatoms. The second kappa shape index (κ2) is 9.75. The Balaban J connectivity index is 2.34. The SMILES string of the molecule is COC(=O)[C@H](CC(C)C)N(NC(=O)c1nc(OC)ns1)N1CCC[C@H]1C(=O)O. The van der Waals surface area contributed by atoms with Gasteiger partial charge in [0.1, 0.15) is 12.1 Å². The molecule has 0 aliphatic carbocycles. The molecule has 0 spiro atoms. The zero-order valence-electron chi connectivity index (χ0n) is 16.2. The lowest BCUT2D eigenvalue weighted by molar-refractivity contribution is -0.174. The van der Waals surface area contributed by atoms with Gasteiger partial charge in [-0.3, -0.25) is 19.8 Å². The summed E-state index contributed by atoms with van der Waals surface area (Å²) in [5, 5.41) is 12.3. The zero-order valence-corrected chi connectivity index (χ0v) is 17.1. The van der Waals surface area contributed by atoms with Crippen LogP contribution >= 0.6 is 11.5 Å². The molecule has 0 aromatic carbocycles. The minimum Gasteiger partial charge on any atom is -0.480 e. The quantitative estimate of drug-likeness (QED) is 0.435. The maximum Gasteiger partial charge on any atom is 0.328 e. The van der Waals surface area contributed by atoms with Crippen LogP contribution in [0.4, 0.5) is 0 Å².